The Kier molecular flexibility index (Phi) is 8.15. The molecule has 0 amide bonds. The molecule has 3 N–H and O–H groups in total. The first-order valence-electron chi connectivity index (χ1n) is 8.89. The van der Waals surface area contributed by atoms with Crippen molar-refractivity contribution in [3.05, 3.63) is 32.6 Å². The lowest BCUT2D eigenvalue weighted by Crippen LogP contribution is -2.35. The SMILES string of the molecule is O=c1[nH]c(=O)n([C@H]2C[C@@H](O)C(COPO[P+](=O)O[P+](=O)O)O2)cc1C1CCCC1. The minimum absolute atomic E-state index is 0.104. The number of ether oxygens (including phenoxy) is 1. The quantitative estimate of drug-likeness (QED) is 0.357. The van der Waals surface area contributed by atoms with Gasteiger partial charge in [0.05, 0.1) is 12.7 Å². The molecule has 15 heteroatoms. The van der Waals surface area contributed by atoms with Crippen LogP contribution in [0.5, 0.6) is 0 Å². The van der Waals surface area contributed by atoms with Crippen molar-refractivity contribution in [2.24, 2.45) is 0 Å². The van der Waals surface area contributed by atoms with Crippen LogP contribution in [0.4, 0.5) is 0 Å². The third kappa shape index (κ3) is 6.04. The van der Waals surface area contributed by atoms with E-state index in [0.29, 0.717) is 5.56 Å². The van der Waals surface area contributed by atoms with Gasteiger partial charge in [-0.05, 0) is 18.8 Å². The van der Waals surface area contributed by atoms with E-state index in [9.17, 15) is 23.8 Å². The second kappa shape index (κ2) is 10.4. The summed E-state index contributed by atoms with van der Waals surface area (Å²) >= 11 is 0. The molecule has 3 rings (SSSR count). The van der Waals surface area contributed by atoms with Gasteiger partial charge >= 0.3 is 22.2 Å². The lowest BCUT2D eigenvalue weighted by atomic mass is 10.0. The fourth-order valence-corrected chi connectivity index (χ4v) is 5.10. The summed E-state index contributed by atoms with van der Waals surface area (Å²) in [5.74, 6) is 0.104. The molecule has 1 aromatic rings. The predicted molar refractivity (Wildman–Crippen MR) is 101 cm³/mol. The zero-order valence-corrected chi connectivity index (χ0v) is 17.9. The van der Waals surface area contributed by atoms with Crippen molar-refractivity contribution in [2.75, 3.05) is 6.61 Å². The summed E-state index contributed by atoms with van der Waals surface area (Å²) in [5, 5.41) is 10.2. The van der Waals surface area contributed by atoms with Gasteiger partial charge in [0.25, 0.3) is 5.56 Å². The van der Waals surface area contributed by atoms with E-state index in [0.717, 1.165) is 25.7 Å². The monoisotopic (exact) mass is 470 g/mol. The third-order valence-electron chi connectivity index (χ3n) is 4.86. The van der Waals surface area contributed by atoms with Gasteiger partial charge in [-0.3, -0.25) is 14.3 Å². The van der Waals surface area contributed by atoms with Crippen LogP contribution in [0, 0.1) is 0 Å². The summed E-state index contributed by atoms with van der Waals surface area (Å²) in [6.07, 6.45) is 3.01. The molecule has 0 spiro atoms. The number of aromatic nitrogens is 2. The van der Waals surface area contributed by atoms with E-state index in [2.05, 4.69) is 13.6 Å². The molecule has 1 saturated heterocycles. The molecule has 2 fully saturated rings. The maximum absolute atomic E-state index is 12.2. The molecule has 0 aromatic carbocycles. The van der Waals surface area contributed by atoms with Gasteiger partial charge in [-0.1, -0.05) is 17.2 Å². The molecule has 12 nitrogen and oxygen atoms in total. The van der Waals surface area contributed by atoms with Crippen LogP contribution in [0.25, 0.3) is 0 Å². The van der Waals surface area contributed by atoms with E-state index in [1.165, 1.54) is 10.8 Å². The Balaban J connectivity index is 1.58. The van der Waals surface area contributed by atoms with Crippen LogP contribution < -0.4 is 11.2 Å². The minimum Gasteiger partial charge on any atom is -0.390 e. The number of aliphatic hydroxyl groups excluding tert-OH is 1. The fraction of sp³-hybridized carbons (Fsp3) is 0.714. The first-order valence-corrected chi connectivity index (χ1v) is 11.9. The smallest absolute Gasteiger partial charge is 0.390 e. The zero-order valence-electron chi connectivity index (χ0n) is 15.1. The van der Waals surface area contributed by atoms with Crippen molar-refractivity contribution in [3.63, 3.8) is 0 Å². The zero-order chi connectivity index (χ0) is 21.0. The number of aromatic amines is 1. The van der Waals surface area contributed by atoms with Crippen LogP contribution >= 0.6 is 25.5 Å². The molecule has 1 aromatic heterocycles. The molecular formula is C14H21N2O10P3+2. The van der Waals surface area contributed by atoms with Gasteiger partial charge < -0.3 is 14.4 Å². The summed E-state index contributed by atoms with van der Waals surface area (Å²) in [7, 11) is -6.62. The van der Waals surface area contributed by atoms with E-state index >= 15 is 0 Å². The van der Waals surface area contributed by atoms with Crippen molar-refractivity contribution in [1.29, 1.82) is 0 Å². The number of H-pyrrole nitrogens is 1. The van der Waals surface area contributed by atoms with E-state index in [1.807, 2.05) is 0 Å². The van der Waals surface area contributed by atoms with Crippen molar-refractivity contribution in [1.82, 2.24) is 9.55 Å². The molecule has 2 aliphatic rings. The van der Waals surface area contributed by atoms with Crippen molar-refractivity contribution >= 4 is 25.5 Å². The predicted octanol–water partition coefficient (Wildman–Crippen LogP) is 1.71. The van der Waals surface area contributed by atoms with Gasteiger partial charge in [-0.15, -0.1) is 4.89 Å². The van der Waals surface area contributed by atoms with E-state index in [1.54, 1.807) is 0 Å². The largest absolute Gasteiger partial charge is 0.753 e. The Morgan fingerprint density at radius 2 is 2.03 bits per heavy atom. The standard InChI is InChI=1S/C14H19N2O10P3/c17-10-5-12(24-11(10)7-23-27-25-29(22)26-28(20)21)16-6-9(8-3-1-2-4-8)13(18)15-14(16)19/h6,8,10-12,17,27H,1-5,7H2/p+2/t10-,11?,12-/m1/s1. The Morgan fingerprint density at radius 3 is 2.72 bits per heavy atom. The van der Waals surface area contributed by atoms with Crippen molar-refractivity contribution < 1.29 is 37.0 Å². The third-order valence-corrected chi connectivity index (χ3v) is 7.13. The van der Waals surface area contributed by atoms with Crippen LogP contribution in [0.3, 0.4) is 0 Å². The van der Waals surface area contributed by atoms with Gasteiger partial charge in [0.2, 0.25) is 9.03 Å². The highest BCUT2D eigenvalue weighted by Gasteiger charge is 2.38. The van der Waals surface area contributed by atoms with Gasteiger partial charge in [-0.2, -0.15) is 0 Å². The minimum atomic E-state index is -3.05. The van der Waals surface area contributed by atoms with Crippen LogP contribution in [0.1, 0.15) is 49.8 Å². The number of hydrogen-bond donors (Lipinski definition) is 3. The Hall–Kier alpha value is -0.930. The summed E-state index contributed by atoms with van der Waals surface area (Å²) in [6, 6.07) is 0. The molecule has 29 heavy (non-hydrogen) atoms. The average molecular weight is 470 g/mol. The number of nitrogens with zero attached hydrogens (tertiary/aromatic N) is 1. The molecule has 1 saturated carbocycles. The molecule has 2 heterocycles. The summed E-state index contributed by atoms with van der Waals surface area (Å²) in [4.78, 5) is 35.1. The first-order chi connectivity index (χ1) is 13.8. The normalized spacial score (nSPS) is 26.5. The second-order valence-electron chi connectivity index (χ2n) is 6.69. The lowest BCUT2D eigenvalue weighted by molar-refractivity contribution is -0.0398. The number of hydrogen-bond acceptors (Lipinski definition) is 9. The summed E-state index contributed by atoms with van der Waals surface area (Å²) < 4.78 is 42.1. The topological polar surface area (TPSA) is 166 Å². The number of nitrogens with one attached hydrogen (secondary N) is 1. The lowest BCUT2D eigenvalue weighted by Gasteiger charge is -2.17. The van der Waals surface area contributed by atoms with Gasteiger partial charge in [0.1, 0.15) is 12.3 Å². The van der Waals surface area contributed by atoms with Crippen molar-refractivity contribution in [2.45, 2.75) is 56.5 Å². The molecule has 160 valence electrons. The summed E-state index contributed by atoms with van der Waals surface area (Å²) in [5.41, 5.74) is -0.468. The fourth-order valence-electron chi connectivity index (χ4n) is 3.52. The first kappa shape index (κ1) is 22.7. The maximum Gasteiger partial charge on any atom is 0.753 e. The van der Waals surface area contributed by atoms with Crippen LogP contribution in [-0.2, 0) is 27.0 Å². The maximum atomic E-state index is 12.2. The van der Waals surface area contributed by atoms with Crippen molar-refractivity contribution in [3.8, 4) is 0 Å². The Morgan fingerprint density at radius 1 is 1.31 bits per heavy atom. The second-order valence-corrected chi connectivity index (χ2v) is 9.46. The van der Waals surface area contributed by atoms with Gasteiger partial charge in [-0.25, -0.2) is 4.79 Å². The highest BCUT2D eigenvalue weighted by Crippen LogP contribution is 2.42. The van der Waals surface area contributed by atoms with Gasteiger partial charge in [0, 0.05) is 27.3 Å². The molecule has 0 radical (unpaired) electrons. The Labute approximate surface area is 168 Å². The highest BCUT2D eigenvalue weighted by atomic mass is 31.2. The van der Waals surface area contributed by atoms with E-state index < -0.39 is 55.2 Å². The molecule has 6 atom stereocenters. The molecule has 1 aliphatic carbocycles. The van der Waals surface area contributed by atoms with Crippen LogP contribution in [0.15, 0.2) is 15.8 Å². The van der Waals surface area contributed by atoms with Crippen LogP contribution in [-0.4, -0.2) is 38.4 Å². The molecule has 0 bridgehead atoms. The summed E-state index contributed by atoms with van der Waals surface area (Å²) in [6.45, 7) is -0.127. The number of rotatable bonds is 9. The van der Waals surface area contributed by atoms with Gasteiger partial charge in [0.15, 0.2) is 4.31 Å². The van der Waals surface area contributed by atoms with Crippen LogP contribution in [0.2, 0.25) is 0 Å². The highest BCUT2D eigenvalue weighted by molar-refractivity contribution is 7.51. The Bertz CT molecular complexity index is 868. The van der Waals surface area contributed by atoms with E-state index in [-0.39, 0.29) is 18.9 Å². The molecule has 4 unspecified atom stereocenters. The molecule has 1 aliphatic heterocycles. The van der Waals surface area contributed by atoms with E-state index in [4.69, 9.17) is 14.2 Å². The number of aliphatic hydroxyl groups is 1. The average Bonchev–Trinajstić information content (AvgIpc) is 3.28. The molecular weight excluding hydrogens is 449 g/mol.